The first-order valence-electron chi connectivity index (χ1n) is 6.42. The van der Waals surface area contributed by atoms with Crippen molar-refractivity contribution in [2.45, 2.75) is 13.0 Å². The van der Waals surface area contributed by atoms with Gasteiger partial charge in [-0.2, -0.15) is 0 Å². The highest BCUT2D eigenvalue weighted by molar-refractivity contribution is 5.78. The van der Waals surface area contributed by atoms with Crippen LogP contribution in [0.2, 0.25) is 0 Å². The number of likely N-dealkylation sites (N-methyl/N-ethyl adjacent to an activating group) is 1. The summed E-state index contributed by atoms with van der Waals surface area (Å²) >= 11 is 0. The summed E-state index contributed by atoms with van der Waals surface area (Å²) in [6.45, 7) is 4.43. The first-order valence-corrected chi connectivity index (χ1v) is 6.42. The van der Waals surface area contributed by atoms with E-state index in [1.165, 1.54) is 12.1 Å². The molecule has 1 aliphatic rings. The third-order valence-electron chi connectivity index (χ3n) is 3.31. The Morgan fingerprint density at radius 1 is 1.47 bits per heavy atom. The number of amides is 1. The molecule has 19 heavy (non-hydrogen) atoms. The SMILES string of the molecule is CC1CN(C)CCN1C(=O)COc1cccc(F)c1. The van der Waals surface area contributed by atoms with Gasteiger partial charge in [0.25, 0.3) is 5.91 Å². The molecule has 0 N–H and O–H groups in total. The molecular weight excluding hydrogens is 247 g/mol. The van der Waals surface area contributed by atoms with Gasteiger partial charge in [0.1, 0.15) is 11.6 Å². The van der Waals surface area contributed by atoms with Crippen LogP contribution in [-0.2, 0) is 4.79 Å². The maximum atomic E-state index is 13.0. The number of rotatable bonds is 3. The summed E-state index contributed by atoms with van der Waals surface area (Å²) in [4.78, 5) is 16.1. The molecule has 1 aliphatic heterocycles. The van der Waals surface area contributed by atoms with Crippen molar-refractivity contribution in [3.05, 3.63) is 30.1 Å². The summed E-state index contributed by atoms with van der Waals surface area (Å²) in [7, 11) is 2.04. The average molecular weight is 266 g/mol. The Morgan fingerprint density at radius 3 is 2.95 bits per heavy atom. The second-order valence-electron chi connectivity index (χ2n) is 4.94. The van der Waals surface area contributed by atoms with Crippen LogP contribution in [0.15, 0.2) is 24.3 Å². The molecular formula is C14H19FN2O2. The lowest BCUT2D eigenvalue weighted by Gasteiger charge is -2.38. The van der Waals surface area contributed by atoms with E-state index in [1.54, 1.807) is 12.1 Å². The minimum atomic E-state index is -0.363. The molecule has 1 fully saturated rings. The van der Waals surface area contributed by atoms with Crippen molar-refractivity contribution in [1.82, 2.24) is 9.80 Å². The van der Waals surface area contributed by atoms with Crippen LogP contribution in [0, 0.1) is 5.82 Å². The van der Waals surface area contributed by atoms with Crippen molar-refractivity contribution in [3.63, 3.8) is 0 Å². The molecule has 1 aromatic rings. The number of nitrogens with zero attached hydrogens (tertiary/aromatic N) is 2. The van der Waals surface area contributed by atoms with Crippen LogP contribution < -0.4 is 4.74 Å². The fourth-order valence-corrected chi connectivity index (χ4v) is 2.30. The Balaban J connectivity index is 1.87. The maximum absolute atomic E-state index is 13.0. The molecule has 1 aromatic carbocycles. The Bertz CT molecular complexity index is 453. The molecule has 4 nitrogen and oxygen atoms in total. The smallest absolute Gasteiger partial charge is 0.260 e. The lowest BCUT2D eigenvalue weighted by atomic mass is 10.2. The van der Waals surface area contributed by atoms with Crippen molar-refractivity contribution in [1.29, 1.82) is 0 Å². The third-order valence-corrected chi connectivity index (χ3v) is 3.31. The van der Waals surface area contributed by atoms with Crippen molar-refractivity contribution < 1.29 is 13.9 Å². The Labute approximate surface area is 112 Å². The molecule has 0 saturated carbocycles. The monoisotopic (exact) mass is 266 g/mol. The van der Waals surface area contributed by atoms with Crippen LogP contribution in [0.1, 0.15) is 6.92 Å². The summed E-state index contributed by atoms with van der Waals surface area (Å²) in [5, 5.41) is 0. The van der Waals surface area contributed by atoms with Crippen molar-refractivity contribution in [2.75, 3.05) is 33.3 Å². The molecule has 1 heterocycles. The van der Waals surface area contributed by atoms with Gasteiger partial charge in [0.05, 0.1) is 0 Å². The number of hydrogen-bond acceptors (Lipinski definition) is 3. The molecule has 104 valence electrons. The lowest BCUT2D eigenvalue weighted by molar-refractivity contribution is -0.137. The van der Waals surface area contributed by atoms with E-state index in [0.717, 1.165) is 13.1 Å². The van der Waals surface area contributed by atoms with E-state index in [2.05, 4.69) is 4.90 Å². The maximum Gasteiger partial charge on any atom is 0.260 e. The van der Waals surface area contributed by atoms with E-state index in [9.17, 15) is 9.18 Å². The van der Waals surface area contributed by atoms with Crippen LogP contribution >= 0.6 is 0 Å². The molecule has 1 amide bonds. The average Bonchev–Trinajstić information content (AvgIpc) is 2.36. The highest BCUT2D eigenvalue weighted by Crippen LogP contribution is 2.13. The van der Waals surface area contributed by atoms with Gasteiger partial charge in [-0.1, -0.05) is 6.07 Å². The number of carbonyl (C=O) groups excluding carboxylic acids is 1. The number of ether oxygens (including phenoxy) is 1. The fraction of sp³-hybridized carbons (Fsp3) is 0.500. The predicted molar refractivity (Wildman–Crippen MR) is 70.6 cm³/mol. The quantitative estimate of drug-likeness (QED) is 0.828. The first-order chi connectivity index (χ1) is 9.06. The topological polar surface area (TPSA) is 32.8 Å². The number of carbonyl (C=O) groups is 1. The first kappa shape index (κ1) is 13.8. The molecule has 1 saturated heterocycles. The number of hydrogen-bond donors (Lipinski definition) is 0. The van der Waals surface area contributed by atoms with Crippen LogP contribution in [0.25, 0.3) is 0 Å². The van der Waals surface area contributed by atoms with Gasteiger partial charge in [-0.25, -0.2) is 4.39 Å². The number of piperazine rings is 1. The molecule has 1 atom stereocenters. The van der Waals surface area contributed by atoms with E-state index >= 15 is 0 Å². The van der Waals surface area contributed by atoms with Crippen LogP contribution in [0.5, 0.6) is 5.75 Å². The zero-order chi connectivity index (χ0) is 13.8. The van der Waals surface area contributed by atoms with Gasteiger partial charge in [-0.15, -0.1) is 0 Å². The van der Waals surface area contributed by atoms with E-state index in [0.29, 0.717) is 12.3 Å². The van der Waals surface area contributed by atoms with Gasteiger partial charge < -0.3 is 14.5 Å². The van der Waals surface area contributed by atoms with Crippen LogP contribution in [0.4, 0.5) is 4.39 Å². The summed E-state index contributed by atoms with van der Waals surface area (Å²) in [5.74, 6) is -0.0297. The summed E-state index contributed by atoms with van der Waals surface area (Å²) < 4.78 is 18.3. The molecule has 0 spiro atoms. The molecule has 5 heteroatoms. The molecule has 0 aliphatic carbocycles. The van der Waals surface area contributed by atoms with Crippen molar-refractivity contribution in [3.8, 4) is 5.75 Å². The van der Waals surface area contributed by atoms with Crippen LogP contribution in [0.3, 0.4) is 0 Å². The van der Waals surface area contributed by atoms with Crippen molar-refractivity contribution >= 4 is 5.91 Å². The minimum Gasteiger partial charge on any atom is -0.484 e. The molecule has 0 radical (unpaired) electrons. The van der Waals surface area contributed by atoms with Gasteiger partial charge in [0.2, 0.25) is 0 Å². The number of halogens is 1. The third kappa shape index (κ3) is 3.67. The molecule has 0 aromatic heterocycles. The highest BCUT2D eigenvalue weighted by Gasteiger charge is 2.25. The lowest BCUT2D eigenvalue weighted by Crippen LogP contribution is -2.53. The second-order valence-corrected chi connectivity index (χ2v) is 4.94. The van der Waals surface area contributed by atoms with Gasteiger partial charge in [-0.05, 0) is 26.1 Å². The zero-order valence-electron chi connectivity index (χ0n) is 11.3. The summed E-state index contributed by atoms with van der Waals surface area (Å²) in [5.41, 5.74) is 0. The van der Waals surface area contributed by atoms with E-state index in [-0.39, 0.29) is 24.4 Å². The predicted octanol–water partition coefficient (Wildman–Crippen LogP) is 1.37. The molecule has 0 bridgehead atoms. The standard InChI is InChI=1S/C14H19FN2O2/c1-11-9-16(2)6-7-17(11)14(18)10-19-13-5-3-4-12(15)8-13/h3-5,8,11H,6-7,9-10H2,1-2H3. The Hall–Kier alpha value is -1.62. The van der Waals surface area contributed by atoms with Gasteiger partial charge >= 0.3 is 0 Å². The summed E-state index contributed by atoms with van der Waals surface area (Å²) in [6, 6.07) is 6.01. The largest absolute Gasteiger partial charge is 0.484 e. The second kappa shape index (κ2) is 6.02. The van der Waals surface area contributed by atoms with E-state index < -0.39 is 0 Å². The minimum absolute atomic E-state index is 0.0441. The zero-order valence-corrected chi connectivity index (χ0v) is 11.3. The highest BCUT2D eigenvalue weighted by atomic mass is 19.1. The number of benzene rings is 1. The normalized spacial score (nSPS) is 20.4. The van der Waals surface area contributed by atoms with E-state index in [4.69, 9.17) is 4.74 Å². The summed E-state index contributed by atoms with van der Waals surface area (Å²) in [6.07, 6.45) is 0. The Morgan fingerprint density at radius 2 is 2.26 bits per heavy atom. The van der Waals surface area contributed by atoms with Gasteiger partial charge in [0.15, 0.2) is 6.61 Å². The van der Waals surface area contributed by atoms with Gasteiger partial charge in [-0.3, -0.25) is 4.79 Å². The molecule has 2 rings (SSSR count). The Kier molecular flexibility index (Phi) is 4.37. The van der Waals surface area contributed by atoms with Crippen LogP contribution in [-0.4, -0.2) is 55.0 Å². The van der Waals surface area contributed by atoms with Gasteiger partial charge in [0, 0.05) is 31.7 Å². The fourth-order valence-electron chi connectivity index (χ4n) is 2.30. The van der Waals surface area contributed by atoms with Crippen molar-refractivity contribution in [2.24, 2.45) is 0 Å². The molecule has 1 unspecified atom stereocenters. The van der Waals surface area contributed by atoms with E-state index in [1.807, 2.05) is 18.9 Å².